The number of halogens is 1. The summed E-state index contributed by atoms with van der Waals surface area (Å²) in [4.78, 5) is 26.5. The number of aromatic nitrogens is 2. The van der Waals surface area contributed by atoms with E-state index in [4.69, 9.17) is 32.5 Å². The number of nitriles is 1. The smallest absolute Gasteiger partial charge is 0.262 e. The molecule has 1 spiro atoms. The molecular weight excluding hydrogens is 524 g/mol. The second-order valence-electron chi connectivity index (χ2n) is 10.5. The van der Waals surface area contributed by atoms with Crippen LogP contribution >= 0.6 is 22.9 Å². The molecule has 2 aromatic rings. The number of anilines is 1. The molecule has 2 aromatic heterocycles. The first-order valence-electron chi connectivity index (χ1n) is 13.1. The molecule has 0 bridgehead atoms. The molecule has 1 aliphatic heterocycles. The van der Waals surface area contributed by atoms with E-state index in [9.17, 15) is 10.1 Å². The highest BCUT2D eigenvalue weighted by Crippen LogP contribution is 2.52. The second kappa shape index (κ2) is 10.4. The summed E-state index contributed by atoms with van der Waals surface area (Å²) >= 11 is 7.92. The van der Waals surface area contributed by atoms with Gasteiger partial charge in [0, 0.05) is 16.5 Å². The zero-order valence-corrected chi connectivity index (χ0v) is 23.5. The average molecular weight is 557 g/mol. The van der Waals surface area contributed by atoms with Crippen LogP contribution in [-0.2, 0) is 16.6 Å². The number of hydrogen-bond acceptors (Lipinski definition) is 10. The van der Waals surface area contributed by atoms with Crippen molar-refractivity contribution < 1.29 is 14.3 Å². The van der Waals surface area contributed by atoms with Crippen molar-refractivity contribution in [2.75, 3.05) is 26.4 Å². The molecule has 11 heteroatoms. The molecule has 0 aromatic carbocycles. The molecule has 2 aliphatic carbocycles. The van der Waals surface area contributed by atoms with Gasteiger partial charge in [-0.25, -0.2) is 4.98 Å². The number of Topliss-reactive ketones (excluding diaryl/α,β-unsaturated/α-hetero) is 1. The van der Waals surface area contributed by atoms with Crippen LogP contribution in [0.25, 0.3) is 5.70 Å². The number of nitrogen functional groups attached to an aromatic ring is 1. The summed E-state index contributed by atoms with van der Waals surface area (Å²) in [5.41, 5.74) is 13.9. The number of ketones is 1. The highest BCUT2D eigenvalue weighted by molar-refractivity contribution is 7.16. The SMILES string of the molecule is COc1c(Cl)nc(C(N)=C2CCC[C@@]3(CCCc4sc(N)c(C#N)c43)C2=O)nc1O[C@@H](C)[C@@H]1CCCN1C. The van der Waals surface area contributed by atoms with E-state index in [1.807, 2.05) is 6.92 Å². The number of allylic oxidation sites excluding steroid dienone is 1. The minimum absolute atomic E-state index is 0.0679. The first kappa shape index (κ1) is 26.7. The molecule has 3 heterocycles. The zero-order chi connectivity index (χ0) is 27.2. The maximum Gasteiger partial charge on any atom is 0.262 e. The predicted octanol–water partition coefficient (Wildman–Crippen LogP) is 4.21. The fourth-order valence-electron chi connectivity index (χ4n) is 6.48. The van der Waals surface area contributed by atoms with E-state index in [0.717, 1.165) is 49.1 Å². The van der Waals surface area contributed by atoms with E-state index in [1.54, 1.807) is 0 Å². The summed E-state index contributed by atoms with van der Waals surface area (Å²) in [6, 6.07) is 2.49. The molecule has 3 atom stereocenters. The molecule has 202 valence electrons. The van der Waals surface area contributed by atoms with E-state index in [0.29, 0.717) is 35.4 Å². The Morgan fingerprint density at radius 1 is 1.29 bits per heavy atom. The zero-order valence-electron chi connectivity index (χ0n) is 22.0. The molecular formula is C27H33ClN6O3S. The van der Waals surface area contributed by atoms with Crippen molar-refractivity contribution in [3.63, 3.8) is 0 Å². The average Bonchev–Trinajstić information content (AvgIpc) is 3.47. The summed E-state index contributed by atoms with van der Waals surface area (Å²) in [7, 11) is 3.56. The summed E-state index contributed by atoms with van der Waals surface area (Å²) in [6.07, 6.45) is 6.20. The lowest BCUT2D eigenvalue weighted by atomic mass is 9.61. The van der Waals surface area contributed by atoms with Crippen molar-refractivity contribution in [2.24, 2.45) is 5.73 Å². The second-order valence-corrected chi connectivity index (χ2v) is 11.9. The van der Waals surface area contributed by atoms with Crippen LogP contribution in [0, 0.1) is 11.3 Å². The van der Waals surface area contributed by atoms with Crippen molar-refractivity contribution in [1.29, 1.82) is 5.26 Å². The Morgan fingerprint density at radius 2 is 2.03 bits per heavy atom. The molecule has 2 fully saturated rings. The highest BCUT2D eigenvalue weighted by atomic mass is 35.5. The number of fused-ring (bicyclic) bond motifs is 2. The molecule has 0 unspecified atom stereocenters. The van der Waals surface area contributed by atoms with Gasteiger partial charge in [0.2, 0.25) is 5.75 Å². The Labute approximate surface area is 231 Å². The fraction of sp³-hybridized carbons (Fsp3) is 0.556. The minimum atomic E-state index is -0.803. The molecule has 4 N–H and O–H groups in total. The molecule has 9 nitrogen and oxygen atoms in total. The fourth-order valence-corrected chi connectivity index (χ4v) is 7.88. The van der Waals surface area contributed by atoms with Gasteiger partial charge in [0.1, 0.15) is 17.2 Å². The lowest BCUT2D eigenvalue weighted by Gasteiger charge is -2.40. The summed E-state index contributed by atoms with van der Waals surface area (Å²) in [5, 5.41) is 10.4. The van der Waals surface area contributed by atoms with Crippen LogP contribution in [0.15, 0.2) is 5.57 Å². The molecule has 3 aliphatic rings. The number of thiophene rings is 1. The topological polar surface area (TPSA) is 140 Å². The normalized spacial score (nSPS) is 25.7. The third-order valence-corrected chi connectivity index (χ3v) is 9.66. The number of rotatable bonds is 5. The third kappa shape index (κ3) is 4.31. The van der Waals surface area contributed by atoms with Crippen LogP contribution in [0.2, 0.25) is 5.15 Å². The Hall–Kier alpha value is -2.87. The minimum Gasteiger partial charge on any atom is -0.489 e. The quantitative estimate of drug-likeness (QED) is 0.409. The lowest BCUT2D eigenvalue weighted by molar-refractivity contribution is -0.122. The van der Waals surface area contributed by atoms with Gasteiger partial charge in [0.15, 0.2) is 16.8 Å². The van der Waals surface area contributed by atoms with Gasteiger partial charge in [-0.15, -0.1) is 11.3 Å². The molecule has 38 heavy (non-hydrogen) atoms. The molecule has 5 rings (SSSR count). The van der Waals surface area contributed by atoms with Crippen LogP contribution < -0.4 is 20.9 Å². The molecule has 0 amide bonds. The van der Waals surface area contributed by atoms with Crippen molar-refractivity contribution in [1.82, 2.24) is 14.9 Å². The first-order chi connectivity index (χ1) is 18.2. The van der Waals surface area contributed by atoms with Gasteiger partial charge in [0.05, 0.1) is 23.8 Å². The molecule has 0 radical (unpaired) electrons. The largest absolute Gasteiger partial charge is 0.489 e. The number of methoxy groups -OCH3 is 1. The number of hydrogen-bond donors (Lipinski definition) is 2. The Kier molecular flexibility index (Phi) is 7.29. The summed E-state index contributed by atoms with van der Waals surface area (Å²) in [6.45, 7) is 3.01. The van der Waals surface area contributed by atoms with Gasteiger partial charge in [-0.3, -0.25) is 9.69 Å². The Morgan fingerprint density at radius 3 is 2.68 bits per heavy atom. The summed E-state index contributed by atoms with van der Waals surface area (Å²) in [5.74, 6) is 0.501. The van der Waals surface area contributed by atoms with E-state index >= 15 is 0 Å². The van der Waals surface area contributed by atoms with Crippen molar-refractivity contribution in [2.45, 2.75) is 75.9 Å². The predicted molar refractivity (Wildman–Crippen MR) is 147 cm³/mol. The third-order valence-electron chi connectivity index (χ3n) is 8.32. The number of aryl methyl sites for hydroxylation is 1. The van der Waals surface area contributed by atoms with Crippen LogP contribution in [0.1, 0.15) is 73.7 Å². The van der Waals surface area contributed by atoms with Gasteiger partial charge in [0.25, 0.3) is 5.88 Å². The number of likely N-dealkylation sites (N-methyl/N-ethyl adjacent to an activating group) is 1. The van der Waals surface area contributed by atoms with Gasteiger partial charge in [-0.1, -0.05) is 11.6 Å². The monoisotopic (exact) mass is 556 g/mol. The van der Waals surface area contributed by atoms with E-state index in [2.05, 4.69) is 28.0 Å². The van der Waals surface area contributed by atoms with E-state index in [1.165, 1.54) is 18.4 Å². The van der Waals surface area contributed by atoms with Gasteiger partial charge in [-0.2, -0.15) is 10.2 Å². The molecule has 1 saturated heterocycles. The molecule has 1 saturated carbocycles. The van der Waals surface area contributed by atoms with Gasteiger partial charge in [-0.05, 0) is 77.4 Å². The number of ether oxygens (including phenoxy) is 2. The van der Waals surface area contributed by atoms with Gasteiger partial charge >= 0.3 is 0 Å². The standard InChI is InChI=1S/C27H33ClN6O3S/c1-14(17-8-6-12-34(17)2)37-26-21(36-3)23(28)32-25(33-26)20(30)15-7-4-10-27(22(15)35)11-5-9-18-19(27)16(13-29)24(31)38-18/h14,17H,4-12,30-31H2,1-3H3/t14-,17-,27-/m0/s1. The maximum atomic E-state index is 14.2. The van der Waals surface area contributed by atoms with Crippen LogP contribution in [0.5, 0.6) is 11.6 Å². The lowest BCUT2D eigenvalue weighted by Crippen LogP contribution is -2.43. The van der Waals surface area contributed by atoms with E-state index < -0.39 is 5.41 Å². The number of nitrogens with zero attached hydrogens (tertiary/aromatic N) is 4. The van der Waals surface area contributed by atoms with Crippen molar-refractivity contribution in [3.8, 4) is 17.7 Å². The van der Waals surface area contributed by atoms with Crippen LogP contribution in [-0.4, -0.2) is 53.5 Å². The Bertz CT molecular complexity index is 1350. The number of carbonyl (C=O) groups is 1. The van der Waals surface area contributed by atoms with Gasteiger partial charge < -0.3 is 20.9 Å². The van der Waals surface area contributed by atoms with Crippen LogP contribution in [0.4, 0.5) is 5.00 Å². The van der Waals surface area contributed by atoms with Crippen molar-refractivity contribution in [3.05, 3.63) is 32.6 Å². The number of carbonyl (C=O) groups excluding carboxylic acids is 1. The van der Waals surface area contributed by atoms with Crippen molar-refractivity contribution >= 4 is 39.4 Å². The maximum absolute atomic E-state index is 14.2. The first-order valence-corrected chi connectivity index (χ1v) is 14.2. The number of nitrogens with two attached hydrogens (primary N) is 2. The van der Waals surface area contributed by atoms with Crippen LogP contribution in [0.3, 0.4) is 0 Å². The Balaban J connectivity index is 1.55. The van der Waals surface area contributed by atoms with E-state index in [-0.39, 0.29) is 46.2 Å². The summed E-state index contributed by atoms with van der Waals surface area (Å²) < 4.78 is 11.7. The highest BCUT2D eigenvalue weighted by Gasteiger charge is 2.49. The number of likely N-dealkylation sites (tertiary alicyclic amines) is 1.